The largest absolute Gasteiger partial charge is 0.497 e. The first-order valence-corrected chi connectivity index (χ1v) is 9.04. The van der Waals surface area contributed by atoms with Crippen molar-refractivity contribution < 1.29 is 4.74 Å². The number of fused-ring (bicyclic) bond motifs is 1. The van der Waals surface area contributed by atoms with Crippen LogP contribution in [0.25, 0.3) is 22.2 Å². The lowest BCUT2D eigenvalue weighted by atomic mass is 10.1. The van der Waals surface area contributed by atoms with E-state index in [9.17, 15) is 0 Å². The number of H-pyrrole nitrogens is 1. The number of hydrogen-bond acceptors (Lipinski definition) is 4. The molecule has 0 atom stereocenters. The van der Waals surface area contributed by atoms with Crippen LogP contribution in [0.15, 0.2) is 47.8 Å². The smallest absolute Gasteiger partial charge is 0.187 e. The zero-order valence-corrected chi connectivity index (χ0v) is 16.6. The number of aromatic nitrogens is 2. The van der Waals surface area contributed by atoms with E-state index < -0.39 is 0 Å². The highest BCUT2D eigenvalue weighted by atomic mass is 35.5. The molecule has 4 rings (SSSR count). The number of anilines is 2. The quantitative estimate of drug-likeness (QED) is 0.411. The molecule has 2 N–H and O–H groups in total. The molecule has 4 aromatic rings. The van der Waals surface area contributed by atoms with Crippen molar-refractivity contribution >= 4 is 57.1 Å². The third-order valence-corrected chi connectivity index (χ3v) is 5.04. The van der Waals surface area contributed by atoms with Gasteiger partial charge < -0.3 is 15.0 Å². The first-order valence-electron chi connectivity index (χ1n) is 7.79. The number of nitrogens with zero attached hydrogens (tertiary/aromatic N) is 1. The number of aryl methyl sites for hydroxylation is 1. The molecule has 26 heavy (non-hydrogen) atoms. The number of rotatable bonds is 4. The van der Waals surface area contributed by atoms with E-state index in [1.807, 2.05) is 42.5 Å². The molecule has 0 aliphatic rings. The van der Waals surface area contributed by atoms with Gasteiger partial charge in [-0.25, -0.2) is 4.98 Å². The van der Waals surface area contributed by atoms with Crippen LogP contribution in [0.2, 0.25) is 5.02 Å². The summed E-state index contributed by atoms with van der Waals surface area (Å²) >= 11 is 7.74. The summed E-state index contributed by atoms with van der Waals surface area (Å²) in [5.74, 6) is 0.830. The zero-order chi connectivity index (χ0) is 17.4. The number of nitrogens with one attached hydrogen (secondary N) is 2. The standard InChI is InChI=1S/C19H16ClN3OS.ClH/c1-11-18(15-9-12(20)3-8-16(15)21-11)17-10-25-19(23-17)22-13-4-6-14(24-2)7-5-13;/h3-10,21H,1-2H3,(H,22,23);1H. The van der Waals surface area contributed by atoms with Crippen LogP contribution >= 0.6 is 35.3 Å². The van der Waals surface area contributed by atoms with Crippen molar-refractivity contribution in [1.82, 2.24) is 9.97 Å². The Balaban J connectivity index is 0.00000196. The summed E-state index contributed by atoms with van der Waals surface area (Å²) in [6, 6.07) is 13.6. The van der Waals surface area contributed by atoms with Gasteiger partial charge in [-0.2, -0.15) is 0 Å². The maximum Gasteiger partial charge on any atom is 0.187 e. The first-order chi connectivity index (χ1) is 12.1. The van der Waals surface area contributed by atoms with Crippen LogP contribution < -0.4 is 10.1 Å². The van der Waals surface area contributed by atoms with Gasteiger partial charge in [-0.05, 0) is 49.4 Å². The highest BCUT2D eigenvalue weighted by molar-refractivity contribution is 7.14. The van der Waals surface area contributed by atoms with Crippen LogP contribution in [0.1, 0.15) is 5.69 Å². The van der Waals surface area contributed by atoms with Gasteiger partial charge >= 0.3 is 0 Å². The number of hydrogen-bond donors (Lipinski definition) is 2. The lowest BCUT2D eigenvalue weighted by Crippen LogP contribution is -1.90. The Morgan fingerprint density at radius 2 is 1.92 bits per heavy atom. The average molecular weight is 406 g/mol. The van der Waals surface area contributed by atoms with Crippen LogP contribution in [-0.4, -0.2) is 17.1 Å². The minimum Gasteiger partial charge on any atom is -0.497 e. The zero-order valence-electron chi connectivity index (χ0n) is 14.2. The summed E-state index contributed by atoms with van der Waals surface area (Å²) < 4.78 is 5.18. The van der Waals surface area contributed by atoms with Crippen LogP contribution in [-0.2, 0) is 0 Å². The topological polar surface area (TPSA) is 49.9 Å². The Morgan fingerprint density at radius 1 is 1.15 bits per heavy atom. The van der Waals surface area contributed by atoms with E-state index in [0.29, 0.717) is 0 Å². The molecule has 0 radical (unpaired) electrons. The number of benzene rings is 2. The summed E-state index contributed by atoms with van der Waals surface area (Å²) in [5, 5.41) is 8.04. The van der Waals surface area contributed by atoms with E-state index in [0.717, 1.165) is 49.4 Å². The second kappa shape index (κ2) is 7.58. The van der Waals surface area contributed by atoms with Crippen LogP contribution in [0.5, 0.6) is 5.75 Å². The molecule has 7 heteroatoms. The summed E-state index contributed by atoms with van der Waals surface area (Å²) in [7, 11) is 1.66. The molecule has 0 spiro atoms. The van der Waals surface area contributed by atoms with Crippen molar-refractivity contribution in [3.8, 4) is 17.0 Å². The molecule has 0 unspecified atom stereocenters. The van der Waals surface area contributed by atoms with Gasteiger partial charge in [0.2, 0.25) is 0 Å². The molecule has 0 fully saturated rings. The highest BCUT2D eigenvalue weighted by Crippen LogP contribution is 2.35. The van der Waals surface area contributed by atoms with E-state index >= 15 is 0 Å². The van der Waals surface area contributed by atoms with E-state index in [1.165, 1.54) is 0 Å². The van der Waals surface area contributed by atoms with Gasteiger partial charge in [-0.15, -0.1) is 23.7 Å². The van der Waals surface area contributed by atoms with E-state index in [-0.39, 0.29) is 12.4 Å². The van der Waals surface area contributed by atoms with Gasteiger partial charge in [-0.3, -0.25) is 0 Å². The summed E-state index contributed by atoms with van der Waals surface area (Å²) in [4.78, 5) is 8.14. The Kier molecular flexibility index (Phi) is 5.41. The maximum atomic E-state index is 6.17. The summed E-state index contributed by atoms with van der Waals surface area (Å²) in [6.07, 6.45) is 0. The van der Waals surface area contributed by atoms with Crippen molar-refractivity contribution in [2.75, 3.05) is 12.4 Å². The minimum atomic E-state index is 0. The van der Waals surface area contributed by atoms with Crippen LogP contribution in [0.4, 0.5) is 10.8 Å². The maximum absolute atomic E-state index is 6.17. The molecule has 0 amide bonds. The predicted octanol–water partition coefficient (Wildman–Crippen LogP) is 6.43. The van der Waals surface area contributed by atoms with Gasteiger partial charge in [0.05, 0.1) is 12.8 Å². The molecule has 2 aromatic heterocycles. The summed E-state index contributed by atoms with van der Waals surface area (Å²) in [5.41, 5.74) is 5.15. The molecule has 4 nitrogen and oxygen atoms in total. The number of thiazole rings is 1. The second-order valence-corrected chi connectivity index (χ2v) is 7.00. The van der Waals surface area contributed by atoms with Gasteiger partial charge in [0.25, 0.3) is 0 Å². The number of methoxy groups -OCH3 is 1. The van der Waals surface area contributed by atoms with E-state index in [2.05, 4.69) is 22.6 Å². The van der Waals surface area contributed by atoms with Crippen molar-refractivity contribution in [2.45, 2.75) is 6.92 Å². The molecule has 134 valence electrons. The van der Waals surface area contributed by atoms with Crippen molar-refractivity contribution in [2.24, 2.45) is 0 Å². The fourth-order valence-corrected chi connectivity index (χ4v) is 3.77. The Morgan fingerprint density at radius 3 is 2.65 bits per heavy atom. The van der Waals surface area contributed by atoms with Crippen molar-refractivity contribution in [1.29, 1.82) is 0 Å². The van der Waals surface area contributed by atoms with Crippen molar-refractivity contribution in [3.05, 3.63) is 58.6 Å². The molecule has 0 saturated heterocycles. The molecule has 0 bridgehead atoms. The second-order valence-electron chi connectivity index (χ2n) is 5.71. The SMILES string of the molecule is COc1ccc(Nc2nc(-c3c(C)[nH]c4ccc(Cl)cc34)cs2)cc1.Cl. The lowest BCUT2D eigenvalue weighted by molar-refractivity contribution is 0.415. The highest BCUT2D eigenvalue weighted by Gasteiger charge is 2.14. The average Bonchev–Trinajstić information content (AvgIpc) is 3.18. The number of halogens is 2. The van der Waals surface area contributed by atoms with E-state index in [4.69, 9.17) is 21.3 Å². The van der Waals surface area contributed by atoms with Gasteiger partial charge in [-0.1, -0.05) is 11.6 Å². The van der Waals surface area contributed by atoms with Gasteiger partial charge in [0, 0.05) is 38.3 Å². The Bertz CT molecular complexity index is 1040. The molecule has 2 heterocycles. The van der Waals surface area contributed by atoms with Crippen LogP contribution in [0.3, 0.4) is 0 Å². The monoisotopic (exact) mass is 405 g/mol. The normalized spacial score (nSPS) is 10.6. The molecular weight excluding hydrogens is 389 g/mol. The minimum absolute atomic E-state index is 0. The molecule has 0 aliphatic carbocycles. The lowest BCUT2D eigenvalue weighted by Gasteiger charge is -2.04. The third kappa shape index (κ3) is 3.51. The third-order valence-electron chi connectivity index (χ3n) is 4.05. The Labute approximate surface area is 166 Å². The van der Waals surface area contributed by atoms with Crippen LogP contribution in [0, 0.1) is 6.92 Å². The molecule has 0 aliphatic heterocycles. The molecule has 2 aromatic carbocycles. The fourth-order valence-electron chi connectivity index (χ4n) is 2.87. The fraction of sp³-hybridized carbons (Fsp3) is 0.105. The molecule has 0 saturated carbocycles. The number of aromatic amines is 1. The van der Waals surface area contributed by atoms with Crippen molar-refractivity contribution in [3.63, 3.8) is 0 Å². The van der Waals surface area contributed by atoms with Gasteiger partial charge in [0.15, 0.2) is 5.13 Å². The first kappa shape index (κ1) is 18.6. The van der Waals surface area contributed by atoms with Gasteiger partial charge in [0.1, 0.15) is 5.75 Å². The van der Waals surface area contributed by atoms with E-state index in [1.54, 1.807) is 18.4 Å². The predicted molar refractivity (Wildman–Crippen MR) is 113 cm³/mol. The Hall–Kier alpha value is -2.21. The number of ether oxygens (including phenoxy) is 1. The summed E-state index contributed by atoms with van der Waals surface area (Å²) in [6.45, 7) is 2.05. The molecular formula is C19H17Cl2N3OS.